The highest BCUT2D eigenvalue weighted by Gasteiger charge is 2.17. The molecule has 0 radical (unpaired) electrons. The van der Waals surface area contributed by atoms with Crippen molar-refractivity contribution in [1.29, 1.82) is 0 Å². The molecule has 0 atom stereocenters. The molecule has 5 N–H and O–H groups in total. The van der Waals surface area contributed by atoms with Crippen LogP contribution in [0.25, 0.3) is 21.8 Å². The number of aliphatic hydroxyl groups excluding tert-OH is 4. The predicted octanol–water partition coefficient (Wildman–Crippen LogP) is 6.53. The van der Waals surface area contributed by atoms with Gasteiger partial charge in [0.25, 0.3) is 5.91 Å². The fourth-order valence-corrected chi connectivity index (χ4v) is 9.08. The summed E-state index contributed by atoms with van der Waals surface area (Å²) in [6.07, 6.45) is 5.00. The lowest BCUT2D eigenvalue weighted by atomic mass is 10.1. The molecule has 6 rings (SSSR count). The van der Waals surface area contributed by atoms with Crippen molar-refractivity contribution in [1.82, 2.24) is 5.32 Å². The van der Waals surface area contributed by atoms with Crippen LogP contribution in [-0.2, 0) is 22.7 Å². The standard InChI is InChI=1S/C47H54N9O6S2/c57-28-24-53(25-29-58)38-17-13-36(14-18-38)49-51-43-9-1-11-45-41(43)7-3-22-55(45)34-40(61)6-5-32-63-64-33-21-48-47(62)35-56-23-4-8-42-44(10-2-12-46(42)56)52-50-37-15-19-39(20-16-37)54(26-30-59)27-31-60/h1-4,7-20,22-23,57-60H,5-6,21,24-35H2/q+1/p+1. The fraction of sp³-hybridized carbons (Fsp3) is 0.319. The van der Waals surface area contributed by atoms with Crippen molar-refractivity contribution < 1.29 is 39.1 Å². The average Bonchev–Trinajstić information content (AvgIpc) is 3.31. The zero-order chi connectivity index (χ0) is 44.9. The maximum absolute atomic E-state index is 13.0. The number of aromatic nitrogens is 2. The van der Waals surface area contributed by atoms with E-state index in [0.29, 0.717) is 61.9 Å². The molecule has 0 spiro atoms. The smallest absolute Gasteiger partial charge is 0.286 e. The monoisotopic (exact) mass is 905 g/mol. The maximum atomic E-state index is 13.0. The summed E-state index contributed by atoms with van der Waals surface area (Å²) < 4.78 is 3.85. The second-order valence-corrected chi connectivity index (χ2v) is 17.3. The van der Waals surface area contributed by atoms with Gasteiger partial charge in [-0.3, -0.25) is 9.59 Å². The van der Waals surface area contributed by atoms with E-state index in [-0.39, 0.29) is 51.2 Å². The van der Waals surface area contributed by atoms with Crippen LogP contribution >= 0.6 is 21.6 Å². The Morgan fingerprint density at radius 3 is 1.50 bits per heavy atom. The second kappa shape index (κ2) is 25.5. The molecule has 1 amide bonds. The SMILES string of the molecule is O=C(CCCSSCCNC(=O)C[n+]1cccc2c(N=Nc3ccc(N(CCO)CCO)cc3)cccc21)C[n+]1cccc2c(N=Nc3ccc(N(CCO)CCO)cc3)cccc21. The van der Waals surface area contributed by atoms with Crippen molar-refractivity contribution in [3.63, 3.8) is 0 Å². The van der Waals surface area contributed by atoms with Crippen molar-refractivity contribution in [2.45, 2.75) is 25.9 Å². The van der Waals surface area contributed by atoms with E-state index in [1.165, 1.54) is 0 Å². The first-order chi connectivity index (χ1) is 31.4. The third-order valence-electron chi connectivity index (χ3n) is 10.2. The largest absolute Gasteiger partial charge is 0.395 e. The number of rotatable bonds is 26. The molecule has 0 aliphatic rings. The predicted molar refractivity (Wildman–Crippen MR) is 254 cm³/mol. The molecule has 15 nitrogen and oxygen atoms in total. The van der Waals surface area contributed by atoms with Crippen molar-refractivity contribution in [2.24, 2.45) is 20.5 Å². The molecule has 0 aliphatic carbocycles. The number of anilines is 2. The van der Waals surface area contributed by atoms with E-state index in [4.69, 9.17) is 0 Å². The van der Waals surface area contributed by atoms with Gasteiger partial charge in [-0.25, -0.2) is 0 Å². The van der Waals surface area contributed by atoms with E-state index in [1.54, 1.807) is 21.6 Å². The molecule has 17 heteroatoms. The summed E-state index contributed by atoms with van der Waals surface area (Å²) in [6.45, 7) is 2.61. The summed E-state index contributed by atoms with van der Waals surface area (Å²) in [6, 6.07) is 34.2. The molecule has 0 fully saturated rings. The summed E-state index contributed by atoms with van der Waals surface area (Å²) in [5.74, 6) is 1.61. The molecule has 0 bridgehead atoms. The first kappa shape index (κ1) is 47.7. The average molecular weight is 906 g/mol. The van der Waals surface area contributed by atoms with Crippen molar-refractivity contribution in [2.75, 3.05) is 80.5 Å². The fourth-order valence-electron chi connectivity index (χ4n) is 7.09. The number of nitrogens with one attached hydrogen (secondary N) is 1. The van der Waals surface area contributed by atoms with E-state index in [2.05, 4.69) is 25.8 Å². The first-order valence-electron chi connectivity index (χ1n) is 21.2. The summed E-state index contributed by atoms with van der Waals surface area (Å²) in [5, 5.41) is 60.0. The molecule has 2 aromatic heterocycles. The summed E-state index contributed by atoms with van der Waals surface area (Å²) in [7, 11) is 3.38. The molecule has 0 unspecified atom stereocenters. The Kier molecular flexibility index (Phi) is 19.0. The highest BCUT2D eigenvalue weighted by molar-refractivity contribution is 8.76. The first-order valence-corrected chi connectivity index (χ1v) is 23.7. The number of azo groups is 2. The molecular formula is C47H55N9O6S2+2. The van der Waals surface area contributed by atoms with Gasteiger partial charge in [0, 0.05) is 86.3 Å². The molecule has 0 saturated heterocycles. The molecule has 6 aromatic rings. The summed E-state index contributed by atoms with van der Waals surface area (Å²) in [4.78, 5) is 29.8. The van der Waals surface area contributed by atoms with Gasteiger partial charge in [0.1, 0.15) is 0 Å². The molecule has 2 heterocycles. The van der Waals surface area contributed by atoms with E-state index >= 15 is 0 Å². The number of ketones is 1. The van der Waals surface area contributed by atoms with Crippen molar-refractivity contribution >= 4 is 89.2 Å². The summed E-state index contributed by atoms with van der Waals surface area (Å²) in [5.41, 5.74) is 6.23. The Hall–Kier alpha value is -5.82. The zero-order valence-electron chi connectivity index (χ0n) is 35.7. The zero-order valence-corrected chi connectivity index (χ0v) is 37.3. The number of amides is 1. The Labute approximate surface area is 380 Å². The van der Waals surface area contributed by atoms with Gasteiger partial charge in [-0.1, -0.05) is 33.7 Å². The Morgan fingerprint density at radius 1 is 0.547 bits per heavy atom. The van der Waals surface area contributed by atoms with Crippen LogP contribution in [0.1, 0.15) is 12.8 Å². The van der Waals surface area contributed by atoms with Crippen LogP contribution in [0.5, 0.6) is 0 Å². The lowest BCUT2D eigenvalue weighted by Gasteiger charge is -2.22. The number of nitrogens with zero attached hydrogens (tertiary/aromatic N) is 8. The number of Topliss-reactive ketones (excluding diaryl/α,β-unsaturated/α-hetero) is 1. The maximum Gasteiger partial charge on any atom is 0.286 e. The number of aliphatic hydroxyl groups is 4. The van der Waals surface area contributed by atoms with E-state index in [0.717, 1.165) is 51.1 Å². The Bertz CT molecular complexity index is 2310. The quantitative estimate of drug-likeness (QED) is 0.0173. The topological polar surface area (TPSA) is 191 Å². The van der Waals surface area contributed by atoms with E-state index < -0.39 is 0 Å². The molecule has 64 heavy (non-hydrogen) atoms. The van der Waals surface area contributed by atoms with Crippen LogP contribution in [0.3, 0.4) is 0 Å². The minimum Gasteiger partial charge on any atom is -0.395 e. The highest BCUT2D eigenvalue weighted by atomic mass is 33.1. The van der Waals surface area contributed by atoms with Crippen molar-refractivity contribution in [3.8, 4) is 0 Å². The number of pyridine rings is 2. The lowest BCUT2D eigenvalue weighted by Crippen LogP contribution is -2.43. The molecule has 334 valence electrons. The highest BCUT2D eigenvalue weighted by Crippen LogP contribution is 2.29. The summed E-state index contributed by atoms with van der Waals surface area (Å²) >= 11 is 0. The Balaban J connectivity index is 0.908. The second-order valence-electron chi connectivity index (χ2n) is 14.6. The normalized spacial score (nSPS) is 11.6. The third kappa shape index (κ3) is 13.8. The minimum atomic E-state index is -0.0917. The number of hydrogen-bond acceptors (Lipinski definition) is 14. The molecule has 4 aromatic carbocycles. The molecule has 0 saturated carbocycles. The van der Waals surface area contributed by atoms with Gasteiger partial charge in [0.2, 0.25) is 24.1 Å². The van der Waals surface area contributed by atoms with Crippen LogP contribution in [0.15, 0.2) is 142 Å². The van der Waals surface area contributed by atoms with E-state index in [1.807, 2.05) is 141 Å². The third-order valence-corrected chi connectivity index (χ3v) is 12.7. The number of carbonyl (C=O) groups is 2. The van der Waals surface area contributed by atoms with Crippen LogP contribution in [0.4, 0.5) is 34.1 Å². The van der Waals surface area contributed by atoms with Gasteiger partial charge in [0.05, 0.1) is 59.9 Å². The number of hydrogen-bond donors (Lipinski definition) is 5. The molecule has 0 aliphatic heterocycles. The van der Waals surface area contributed by atoms with Gasteiger partial charge >= 0.3 is 0 Å². The van der Waals surface area contributed by atoms with E-state index in [9.17, 15) is 30.0 Å². The number of fused-ring (bicyclic) bond motifs is 2. The van der Waals surface area contributed by atoms with Crippen LogP contribution in [-0.4, -0.2) is 103 Å². The van der Waals surface area contributed by atoms with Gasteiger partial charge in [-0.15, -0.1) is 10.2 Å². The molecular weight excluding hydrogens is 851 g/mol. The van der Waals surface area contributed by atoms with Crippen LogP contribution < -0.4 is 24.3 Å². The van der Waals surface area contributed by atoms with Gasteiger partial charge in [-0.2, -0.15) is 19.4 Å². The van der Waals surface area contributed by atoms with Gasteiger partial charge in [0.15, 0.2) is 18.2 Å². The van der Waals surface area contributed by atoms with Gasteiger partial charge < -0.3 is 35.5 Å². The Morgan fingerprint density at radius 2 is 1.02 bits per heavy atom. The number of carbonyl (C=O) groups excluding carboxylic acids is 2. The number of benzene rings is 4. The van der Waals surface area contributed by atoms with Gasteiger partial charge in [-0.05, 0) is 79.2 Å². The minimum absolute atomic E-state index is 0.00747. The van der Waals surface area contributed by atoms with Crippen molar-refractivity contribution in [3.05, 3.63) is 122 Å². The van der Waals surface area contributed by atoms with Crippen LogP contribution in [0.2, 0.25) is 0 Å². The lowest BCUT2D eigenvalue weighted by molar-refractivity contribution is -0.658. The van der Waals surface area contributed by atoms with Crippen LogP contribution in [0, 0.1) is 0 Å².